The van der Waals surface area contributed by atoms with Crippen LogP contribution >= 0.6 is 11.6 Å². The van der Waals surface area contributed by atoms with E-state index in [-0.39, 0.29) is 10.7 Å². The molecule has 0 saturated heterocycles. The van der Waals surface area contributed by atoms with Crippen molar-refractivity contribution in [3.63, 3.8) is 0 Å². The first-order valence-electron chi connectivity index (χ1n) is 4.30. The van der Waals surface area contributed by atoms with Crippen LogP contribution in [-0.4, -0.2) is 16.6 Å². The standard InChI is InChI=1S/C10H11ClFNO2/c1-10(2,15)9(14)13-8-6(11)4-3-5-7(8)12/h3-5,15H,1-2H3,(H,13,14). The summed E-state index contributed by atoms with van der Waals surface area (Å²) in [5.74, 6) is -1.35. The molecular formula is C10H11ClFNO2. The fraction of sp³-hybridized carbons (Fsp3) is 0.300. The van der Waals surface area contributed by atoms with Gasteiger partial charge in [0.05, 0.1) is 10.7 Å². The van der Waals surface area contributed by atoms with E-state index in [0.717, 1.165) is 0 Å². The number of aliphatic hydroxyl groups is 1. The van der Waals surface area contributed by atoms with Crippen LogP contribution in [0.1, 0.15) is 13.8 Å². The van der Waals surface area contributed by atoms with Gasteiger partial charge in [-0.15, -0.1) is 0 Å². The molecule has 0 saturated carbocycles. The molecule has 1 aromatic carbocycles. The Hall–Kier alpha value is -1.13. The molecule has 0 aliphatic carbocycles. The van der Waals surface area contributed by atoms with E-state index in [1.54, 1.807) is 0 Å². The molecule has 0 unspecified atom stereocenters. The van der Waals surface area contributed by atoms with Crippen LogP contribution in [0.5, 0.6) is 0 Å². The lowest BCUT2D eigenvalue weighted by Crippen LogP contribution is -2.37. The van der Waals surface area contributed by atoms with Gasteiger partial charge in [0, 0.05) is 0 Å². The molecule has 2 N–H and O–H groups in total. The maximum atomic E-state index is 13.2. The van der Waals surface area contributed by atoms with Gasteiger partial charge < -0.3 is 10.4 Å². The molecule has 0 aliphatic heterocycles. The summed E-state index contributed by atoms with van der Waals surface area (Å²) in [7, 11) is 0. The van der Waals surface area contributed by atoms with E-state index < -0.39 is 17.3 Å². The Morgan fingerprint density at radius 3 is 2.60 bits per heavy atom. The highest BCUT2D eigenvalue weighted by Crippen LogP contribution is 2.25. The van der Waals surface area contributed by atoms with Crippen molar-refractivity contribution in [2.24, 2.45) is 0 Å². The van der Waals surface area contributed by atoms with Gasteiger partial charge in [-0.2, -0.15) is 0 Å². The first kappa shape index (κ1) is 11.9. The van der Waals surface area contributed by atoms with Crippen molar-refractivity contribution >= 4 is 23.2 Å². The maximum Gasteiger partial charge on any atom is 0.255 e. The van der Waals surface area contributed by atoms with Gasteiger partial charge in [0.2, 0.25) is 0 Å². The minimum absolute atomic E-state index is 0.0904. The second-order valence-corrected chi connectivity index (χ2v) is 4.02. The first-order chi connectivity index (χ1) is 6.82. The number of para-hydroxylation sites is 1. The summed E-state index contributed by atoms with van der Waals surface area (Å²) in [4.78, 5) is 11.4. The van der Waals surface area contributed by atoms with Crippen molar-refractivity contribution < 1.29 is 14.3 Å². The van der Waals surface area contributed by atoms with Gasteiger partial charge >= 0.3 is 0 Å². The third-order valence-corrected chi connectivity index (χ3v) is 2.07. The van der Waals surface area contributed by atoms with E-state index in [2.05, 4.69) is 5.32 Å². The molecule has 1 aromatic rings. The van der Waals surface area contributed by atoms with Crippen molar-refractivity contribution in [2.75, 3.05) is 5.32 Å². The highest BCUT2D eigenvalue weighted by atomic mass is 35.5. The Labute approximate surface area is 91.9 Å². The van der Waals surface area contributed by atoms with E-state index in [4.69, 9.17) is 11.6 Å². The van der Waals surface area contributed by atoms with Crippen LogP contribution in [0.15, 0.2) is 18.2 Å². The summed E-state index contributed by atoms with van der Waals surface area (Å²) in [6.07, 6.45) is 0. The predicted molar refractivity (Wildman–Crippen MR) is 56.3 cm³/mol. The Kier molecular flexibility index (Phi) is 3.31. The summed E-state index contributed by atoms with van der Waals surface area (Å²) in [5, 5.41) is 11.7. The number of carbonyl (C=O) groups excluding carboxylic acids is 1. The molecule has 0 radical (unpaired) electrons. The lowest BCUT2D eigenvalue weighted by molar-refractivity contribution is -0.130. The predicted octanol–water partition coefficient (Wildman–Crippen LogP) is 2.19. The van der Waals surface area contributed by atoms with Crippen LogP contribution in [-0.2, 0) is 4.79 Å². The van der Waals surface area contributed by atoms with Gasteiger partial charge in [-0.25, -0.2) is 4.39 Å². The molecule has 82 valence electrons. The second-order valence-electron chi connectivity index (χ2n) is 3.61. The van der Waals surface area contributed by atoms with Crippen molar-refractivity contribution in [1.29, 1.82) is 0 Å². The van der Waals surface area contributed by atoms with Gasteiger partial charge in [0.25, 0.3) is 5.91 Å². The minimum Gasteiger partial charge on any atom is -0.381 e. The Bertz CT molecular complexity index is 367. The van der Waals surface area contributed by atoms with E-state index in [9.17, 15) is 14.3 Å². The normalized spacial score (nSPS) is 11.3. The van der Waals surface area contributed by atoms with E-state index in [1.807, 2.05) is 0 Å². The van der Waals surface area contributed by atoms with Crippen LogP contribution in [0.4, 0.5) is 10.1 Å². The molecule has 0 aromatic heterocycles. The summed E-state index contributed by atoms with van der Waals surface area (Å²) < 4.78 is 13.2. The Morgan fingerprint density at radius 1 is 1.53 bits per heavy atom. The van der Waals surface area contributed by atoms with Crippen LogP contribution in [0.25, 0.3) is 0 Å². The molecule has 0 spiro atoms. The number of hydrogen-bond donors (Lipinski definition) is 2. The molecule has 0 atom stereocenters. The first-order valence-corrected chi connectivity index (χ1v) is 4.68. The zero-order valence-corrected chi connectivity index (χ0v) is 9.10. The zero-order chi connectivity index (χ0) is 11.6. The number of benzene rings is 1. The fourth-order valence-electron chi connectivity index (χ4n) is 0.884. The molecular weight excluding hydrogens is 221 g/mol. The molecule has 5 heteroatoms. The summed E-state index contributed by atoms with van der Waals surface area (Å²) in [6, 6.07) is 4.05. The quantitative estimate of drug-likeness (QED) is 0.820. The molecule has 3 nitrogen and oxygen atoms in total. The minimum atomic E-state index is -1.58. The number of rotatable bonds is 2. The Balaban J connectivity index is 2.95. The number of hydrogen-bond acceptors (Lipinski definition) is 2. The van der Waals surface area contributed by atoms with Crippen LogP contribution in [0.3, 0.4) is 0 Å². The second kappa shape index (κ2) is 4.16. The molecule has 0 heterocycles. The number of carbonyl (C=O) groups is 1. The molecule has 0 bridgehead atoms. The van der Waals surface area contributed by atoms with Gasteiger partial charge in [0.15, 0.2) is 0 Å². The van der Waals surface area contributed by atoms with Crippen molar-refractivity contribution in [1.82, 2.24) is 0 Å². The summed E-state index contributed by atoms with van der Waals surface area (Å²) >= 11 is 5.69. The van der Waals surface area contributed by atoms with Gasteiger partial charge in [0.1, 0.15) is 11.4 Å². The molecule has 1 amide bonds. The lowest BCUT2D eigenvalue weighted by Gasteiger charge is -2.17. The third-order valence-electron chi connectivity index (χ3n) is 1.76. The summed E-state index contributed by atoms with van der Waals surface area (Å²) in [5.41, 5.74) is -1.70. The fourth-order valence-corrected chi connectivity index (χ4v) is 1.09. The number of anilines is 1. The monoisotopic (exact) mass is 231 g/mol. The van der Waals surface area contributed by atoms with Crippen molar-refractivity contribution in [3.05, 3.63) is 29.0 Å². The highest BCUT2D eigenvalue weighted by molar-refractivity contribution is 6.33. The van der Waals surface area contributed by atoms with Gasteiger partial charge in [-0.3, -0.25) is 4.79 Å². The molecule has 0 fully saturated rings. The number of amides is 1. The molecule has 1 rings (SSSR count). The van der Waals surface area contributed by atoms with E-state index in [1.165, 1.54) is 32.0 Å². The molecule has 0 aliphatic rings. The van der Waals surface area contributed by atoms with E-state index in [0.29, 0.717) is 0 Å². The third kappa shape index (κ3) is 2.91. The zero-order valence-electron chi connectivity index (χ0n) is 8.34. The van der Waals surface area contributed by atoms with Crippen LogP contribution < -0.4 is 5.32 Å². The Morgan fingerprint density at radius 2 is 2.13 bits per heavy atom. The topological polar surface area (TPSA) is 49.3 Å². The maximum absolute atomic E-state index is 13.2. The van der Waals surface area contributed by atoms with Crippen LogP contribution in [0, 0.1) is 5.82 Å². The lowest BCUT2D eigenvalue weighted by atomic mass is 10.1. The SMILES string of the molecule is CC(C)(O)C(=O)Nc1c(F)cccc1Cl. The largest absolute Gasteiger partial charge is 0.381 e. The van der Waals surface area contributed by atoms with E-state index >= 15 is 0 Å². The summed E-state index contributed by atoms with van der Waals surface area (Å²) in [6.45, 7) is 2.61. The smallest absolute Gasteiger partial charge is 0.255 e. The average molecular weight is 232 g/mol. The van der Waals surface area contributed by atoms with Gasteiger partial charge in [-0.05, 0) is 26.0 Å². The highest BCUT2D eigenvalue weighted by Gasteiger charge is 2.25. The average Bonchev–Trinajstić information content (AvgIpc) is 2.09. The van der Waals surface area contributed by atoms with Crippen molar-refractivity contribution in [2.45, 2.75) is 19.4 Å². The van der Waals surface area contributed by atoms with Crippen molar-refractivity contribution in [3.8, 4) is 0 Å². The number of halogens is 2. The van der Waals surface area contributed by atoms with Gasteiger partial charge in [-0.1, -0.05) is 17.7 Å². The molecule has 15 heavy (non-hydrogen) atoms. The van der Waals surface area contributed by atoms with Crippen LogP contribution in [0.2, 0.25) is 5.02 Å². The number of nitrogens with one attached hydrogen (secondary N) is 1.